The minimum atomic E-state index is -1.23. The number of hydrogen-bond acceptors (Lipinski definition) is 4. The monoisotopic (exact) mass is 106 g/mol. The van der Waals surface area contributed by atoms with Gasteiger partial charge in [-0.25, -0.2) is 0 Å². The van der Waals surface area contributed by atoms with E-state index in [4.69, 9.17) is 10.4 Å². The fourth-order valence-electron chi connectivity index (χ4n) is 0.0735. The molecule has 0 saturated heterocycles. The molecule has 4 nitrogen and oxygen atoms in total. The van der Waals surface area contributed by atoms with Gasteiger partial charge in [-0.3, -0.25) is 0 Å². The van der Waals surface area contributed by atoms with Gasteiger partial charge in [0.1, 0.15) is 6.21 Å². The van der Waals surface area contributed by atoms with E-state index < -0.39 is 5.97 Å². The van der Waals surface area contributed by atoms with Crippen molar-refractivity contribution in [2.75, 3.05) is 0 Å². The van der Waals surface area contributed by atoms with Gasteiger partial charge in [0, 0.05) is 0 Å². The predicted octanol–water partition coefficient (Wildman–Crippen LogP) is 0.204. The van der Waals surface area contributed by atoms with E-state index in [1.54, 1.807) is 0 Å². The third-order valence-corrected chi connectivity index (χ3v) is 0.260. The van der Waals surface area contributed by atoms with Crippen molar-refractivity contribution in [3.8, 4) is 0 Å². The molecule has 0 atom stereocenters. The van der Waals surface area contributed by atoms with Crippen LogP contribution in [0.15, 0.2) is 10.3 Å². The maximum atomic E-state index is 11.3. The summed E-state index contributed by atoms with van der Waals surface area (Å²) in [5, 5.41) is 19.2. The molecule has 0 aliphatic carbocycles. The summed E-state index contributed by atoms with van der Waals surface area (Å²) in [6.07, 6.45) is 0.361. The molecule has 40 valence electrons. The van der Waals surface area contributed by atoms with Crippen LogP contribution in [0.25, 0.3) is 0 Å². The van der Waals surface area contributed by atoms with Crippen molar-refractivity contribution < 1.29 is 14.8 Å². The Morgan fingerprint density at radius 1 is 1.57 bits per heavy atom. The first-order chi connectivity index (χ1) is 3.31. The minimum absolute atomic E-state index is 0.361. The molecule has 0 unspecified atom stereocenters. The highest BCUT2D eigenvalue weighted by Gasteiger charge is 1.84. The summed E-state index contributed by atoms with van der Waals surface area (Å²) < 4.78 is 11.3. The summed E-state index contributed by atoms with van der Waals surface area (Å²) >= 11 is 0. The molecular formula is C2H3FN2O2. The molecule has 0 radical (unpaired) electrons. The van der Waals surface area contributed by atoms with Gasteiger partial charge in [0.25, 0.3) is 5.97 Å². The van der Waals surface area contributed by atoms with Crippen LogP contribution in [-0.4, -0.2) is 22.6 Å². The lowest BCUT2D eigenvalue weighted by Gasteiger charge is -1.72. The van der Waals surface area contributed by atoms with Gasteiger partial charge in [0.15, 0.2) is 0 Å². The molecule has 5 heteroatoms. The van der Waals surface area contributed by atoms with Crippen LogP contribution in [0.2, 0.25) is 0 Å². The van der Waals surface area contributed by atoms with E-state index in [-0.39, 0.29) is 0 Å². The van der Waals surface area contributed by atoms with Crippen molar-refractivity contribution in [1.29, 1.82) is 0 Å². The smallest absolute Gasteiger partial charge is 0.271 e. The highest BCUT2D eigenvalue weighted by molar-refractivity contribution is 6.25. The Bertz CT molecular complexity index is 99.9. The predicted molar refractivity (Wildman–Crippen MR) is 20.6 cm³/mol. The van der Waals surface area contributed by atoms with E-state index in [9.17, 15) is 4.39 Å². The van der Waals surface area contributed by atoms with E-state index in [0.29, 0.717) is 6.21 Å². The molecule has 0 spiro atoms. The van der Waals surface area contributed by atoms with Crippen LogP contribution in [0.3, 0.4) is 0 Å². The average molecular weight is 106 g/mol. The zero-order valence-electron chi connectivity index (χ0n) is 3.24. The van der Waals surface area contributed by atoms with Gasteiger partial charge < -0.3 is 10.4 Å². The number of oxime groups is 2. The molecule has 0 aliphatic heterocycles. The normalized spacial score (nSPS) is 13.0. The van der Waals surface area contributed by atoms with Crippen LogP contribution in [0.4, 0.5) is 4.39 Å². The zero-order chi connectivity index (χ0) is 5.70. The van der Waals surface area contributed by atoms with Crippen LogP contribution in [0.1, 0.15) is 0 Å². The van der Waals surface area contributed by atoms with Crippen molar-refractivity contribution in [2.24, 2.45) is 10.3 Å². The lowest BCUT2D eigenvalue weighted by molar-refractivity contribution is 0.310. The summed E-state index contributed by atoms with van der Waals surface area (Å²) in [7, 11) is 0. The Labute approximate surface area is 38.6 Å². The highest BCUT2D eigenvalue weighted by Crippen LogP contribution is 1.69. The highest BCUT2D eigenvalue weighted by atomic mass is 19.1. The van der Waals surface area contributed by atoms with Gasteiger partial charge >= 0.3 is 0 Å². The lowest BCUT2D eigenvalue weighted by Crippen LogP contribution is -1.87. The fraction of sp³-hybridized carbons (Fsp3) is 0. The van der Waals surface area contributed by atoms with Gasteiger partial charge in [-0.15, -0.1) is 0 Å². The molecule has 0 heterocycles. The molecule has 0 aliphatic rings. The zero-order valence-corrected chi connectivity index (χ0v) is 3.24. The van der Waals surface area contributed by atoms with Gasteiger partial charge in [-0.1, -0.05) is 10.3 Å². The van der Waals surface area contributed by atoms with Crippen LogP contribution >= 0.6 is 0 Å². The average Bonchev–Trinajstić information content (AvgIpc) is 1.68. The second-order valence-electron chi connectivity index (χ2n) is 0.667. The first kappa shape index (κ1) is 5.87. The molecule has 0 rings (SSSR count). The Kier molecular flexibility index (Phi) is 2.58. The maximum Gasteiger partial charge on any atom is 0.271 e. The molecule has 0 saturated carbocycles. The fourth-order valence-corrected chi connectivity index (χ4v) is 0.0735. The van der Waals surface area contributed by atoms with Gasteiger partial charge in [-0.2, -0.15) is 4.39 Å². The molecule has 2 N–H and O–H groups in total. The van der Waals surface area contributed by atoms with Crippen molar-refractivity contribution in [2.45, 2.75) is 0 Å². The van der Waals surface area contributed by atoms with E-state index in [1.807, 2.05) is 5.16 Å². The summed E-state index contributed by atoms with van der Waals surface area (Å²) in [6, 6.07) is 0. The van der Waals surface area contributed by atoms with Crippen molar-refractivity contribution in [3.05, 3.63) is 0 Å². The standard InChI is InChI=1S/C2H3FN2O2/c3-2(5-7)1-4-6/h1,6-7H/b4-1-,5-2+. The first-order valence-electron chi connectivity index (χ1n) is 1.36. The molecule has 0 aromatic rings. The Balaban J connectivity index is 3.58. The van der Waals surface area contributed by atoms with Crippen LogP contribution in [0.5, 0.6) is 0 Å². The number of rotatable bonds is 1. The van der Waals surface area contributed by atoms with Gasteiger partial charge in [-0.05, 0) is 0 Å². The number of hydrogen-bond donors (Lipinski definition) is 2. The summed E-state index contributed by atoms with van der Waals surface area (Å²) in [5.41, 5.74) is 0. The summed E-state index contributed by atoms with van der Waals surface area (Å²) in [6.45, 7) is 0. The molecule has 0 aromatic heterocycles. The largest absolute Gasteiger partial charge is 0.411 e. The third-order valence-electron chi connectivity index (χ3n) is 0.260. The Morgan fingerprint density at radius 3 is 2.29 bits per heavy atom. The first-order valence-corrected chi connectivity index (χ1v) is 1.36. The SMILES string of the molecule is O/N=C\C(F)=N/O. The van der Waals surface area contributed by atoms with Gasteiger partial charge in [0.05, 0.1) is 0 Å². The topological polar surface area (TPSA) is 65.2 Å². The molecular weight excluding hydrogens is 103 g/mol. The number of halogens is 1. The third kappa shape index (κ3) is 2.68. The lowest BCUT2D eigenvalue weighted by atomic mass is 10.8. The van der Waals surface area contributed by atoms with E-state index in [1.165, 1.54) is 0 Å². The van der Waals surface area contributed by atoms with Crippen LogP contribution in [0, 0.1) is 0 Å². The quantitative estimate of drug-likeness (QED) is 0.285. The van der Waals surface area contributed by atoms with Crippen molar-refractivity contribution in [3.63, 3.8) is 0 Å². The van der Waals surface area contributed by atoms with Crippen molar-refractivity contribution in [1.82, 2.24) is 0 Å². The summed E-state index contributed by atoms with van der Waals surface area (Å²) in [4.78, 5) is 0. The maximum absolute atomic E-state index is 11.3. The molecule has 7 heavy (non-hydrogen) atoms. The number of nitrogens with zero attached hydrogens (tertiary/aromatic N) is 2. The second kappa shape index (κ2) is 3.08. The minimum Gasteiger partial charge on any atom is -0.411 e. The molecule has 0 fully saturated rings. The summed E-state index contributed by atoms with van der Waals surface area (Å²) in [5.74, 6) is -1.23. The molecule has 0 aromatic carbocycles. The van der Waals surface area contributed by atoms with E-state index >= 15 is 0 Å². The van der Waals surface area contributed by atoms with E-state index in [2.05, 4.69) is 5.16 Å². The van der Waals surface area contributed by atoms with Gasteiger partial charge in [0.2, 0.25) is 0 Å². The van der Waals surface area contributed by atoms with Crippen LogP contribution in [-0.2, 0) is 0 Å². The van der Waals surface area contributed by atoms with Crippen molar-refractivity contribution >= 4 is 12.2 Å². The Hall–Kier alpha value is -1.13. The van der Waals surface area contributed by atoms with E-state index in [0.717, 1.165) is 0 Å². The molecule has 0 amide bonds. The van der Waals surface area contributed by atoms with Crippen LogP contribution < -0.4 is 0 Å². The Morgan fingerprint density at radius 2 is 2.14 bits per heavy atom. The second-order valence-corrected chi connectivity index (χ2v) is 0.667. The molecule has 0 bridgehead atoms.